The molecule has 1 fully saturated rings. The third-order valence-electron chi connectivity index (χ3n) is 3.26. The van der Waals surface area contributed by atoms with Crippen LogP contribution in [0.4, 0.5) is 11.8 Å². The maximum atomic E-state index is 5.69. The Morgan fingerprint density at radius 2 is 2.44 bits per heavy atom. The molecule has 0 bridgehead atoms. The number of hydrogen-bond donors (Lipinski definition) is 3. The molecule has 6 nitrogen and oxygen atoms in total. The largest absolute Gasteiger partial charge is 0.368 e. The lowest BCUT2D eigenvalue weighted by Crippen LogP contribution is -2.27. The molecule has 3 rings (SSSR count). The second-order valence-corrected chi connectivity index (χ2v) is 6.50. The van der Waals surface area contributed by atoms with E-state index in [1.165, 1.54) is 18.6 Å². The molecule has 1 aliphatic rings. The van der Waals surface area contributed by atoms with Crippen molar-refractivity contribution < 1.29 is 0 Å². The van der Waals surface area contributed by atoms with Gasteiger partial charge >= 0.3 is 0 Å². The van der Waals surface area contributed by atoms with Crippen LogP contribution in [0.3, 0.4) is 0 Å². The third kappa shape index (κ3) is 2.10. The molecule has 1 saturated heterocycles. The summed E-state index contributed by atoms with van der Waals surface area (Å²) in [5.74, 6) is 2.27. The lowest BCUT2D eigenvalue weighted by atomic mass is 10.1. The normalized spacial score (nSPS) is 23.6. The van der Waals surface area contributed by atoms with Gasteiger partial charge in [0.15, 0.2) is 5.65 Å². The number of rotatable bonds is 3. The first kappa shape index (κ1) is 11.6. The summed E-state index contributed by atoms with van der Waals surface area (Å²) in [4.78, 5) is 8.35. The van der Waals surface area contributed by atoms with Crippen LogP contribution in [0.25, 0.3) is 11.0 Å². The van der Waals surface area contributed by atoms with Crippen LogP contribution in [0.2, 0.25) is 0 Å². The Kier molecular flexibility index (Phi) is 2.77. The first-order chi connectivity index (χ1) is 8.66. The maximum Gasteiger partial charge on any atom is 0.224 e. The van der Waals surface area contributed by atoms with Gasteiger partial charge in [-0.1, -0.05) is 0 Å². The molecule has 0 amide bonds. The monoisotopic (exact) mass is 264 g/mol. The van der Waals surface area contributed by atoms with Gasteiger partial charge in [0.2, 0.25) is 5.95 Å². The second-order valence-electron chi connectivity index (χ2n) is 4.82. The quantitative estimate of drug-likeness (QED) is 0.780. The summed E-state index contributed by atoms with van der Waals surface area (Å²) in [6, 6.07) is 0. The Morgan fingerprint density at radius 3 is 3.22 bits per heavy atom. The van der Waals surface area contributed by atoms with E-state index >= 15 is 0 Å². The summed E-state index contributed by atoms with van der Waals surface area (Å²) in [5, 5.41) is 11.1. The van der Waals surface area contributed by atoms with E-state index in [9.17, 15) is 0 Å². The number of nitrogens with two attached hydrogens (primary N) is 1. The van der Waals surface area contributed by atoms with Gasteiger partial charge < -0.3 is 11.1 Å². The van der Waals surface area contributed by atoms with Crippen LogP contribution < -0.4 is 11.1 Å². The minimum Gasteiger partial charge on any atom is -0.368 e. The first-order valence-corrected chi connectivity index (χ1v) is 6.99. The van der Waals surface area contributed by atoms with Crippen LogP contribution in [0.15, 0.2) is 6.20 Å². The smallest absolute Gasteiger partial charge is 0.224 e. The van der Waals surface area contributed by atoms with E-state index < -0.39 is 0 Å². The van der Waals surface area contributed by atoms with Gasteiger partial charge in [-0.3, -0.25) is 5.10 Å². The molecule has 0 spiro atoms. The highest BCUT2D eigenvalue weighted by atomic mass is 32.2. The standard InChI is InChI=1S/C11H16N6S/c1-11(3-2-4-18-11)6-13-8-7-5-14-17-9(7)16-10(12)15-8/h5H,2-4,6H2,1H3,(H4,12,13,14,15,16,17). The first-order valence-electron chi connectivity index (χ1n) is 6.01. The molecule has 1 aliphatic heterocycles. The summed E-state index contributed by atoms with van der Waals surface area (Å²) < 4.78 is 0.287. The van der Waals surface area contributed by atoms with Crippen molar-refractivity contribution in [1.29, 1.82) is 0 Å². The number of aromatic nitrogens is 4. The number of H-pyrrole nitrogens is 1. The van der Waals surface area contributed by atoms with E-state index in [0.29, 0.717) is 5.65 Å². The molecular weight excluding hydrogens is 248 g/mol. The lowest BCUT2D eigenvalue weighted by Gasteiger charge is -2.23. The number of nitrogens with one attached hydrogen (secondary N) is 2. The van der Waals surface area contributed by atoms with E-state index in [1.807, 2.05) is 11.8 Å². The molecule has 1 atom stereocenters. The number of nitrogens with zero attached hydrogens (tertiary/aromatic N) is 3. The summed E-state index contributed by atoms with van der Waals surface area (Å²) in [6.07, 6.45) is 4.25. The van der Waals surface area contributed by atoms with Crippen LogP contribution in [0, 0.1) is 0 Å². The molecule has 18 heavy (non-hydrogen) atoms. The van der Waals surface area contributed by atoms with E-state index in [1.54, 1.807) is 6.20 Å². The van der Waals surface area contributed by atoms with Crippen LogP contribution in [0.5, 0.6) is 0 Å². The highest BCUT2D eigenvalue weighted by molar-refractivity contribution is 8.00. The van der Waals surface area contributed by atoms with Crippen LogP contribution in [-0.2, 0) is 0 Å². The molecule has 0 saturated carbocycles. The Labute approximate surface area is 109 Å². The van der Waals surface area contributed by atoms with Crippen LogP contribution in [0.1, 0.15) is 19.8 Å². The number of hydrogen-bond acceptors (Lipinski definition) is 6. The topological polar surface area (TPSA) is 92.5 Å². The van der Waals surface area contributed by atoms with Crippen molar-refractivity contribution in [2.45, 2.75) is 24.5 Å². The van der Waals surface area contributed by atoms with E-state index in [2.05, 4.69) is 32.4 Å². The van der Waals surface area contributed by atoms with Crippen molar-refractivity contribution in [3.05, 3.63) is 6.20 Å². The number of anilines is 2. The molecule has 0 radical (unpaired) electrons. The minimum absolute atomic E-state index is 0.262. The predicted octanol–water partition coefficient (Wildman–Crippen LogP) is 1.63. The van der Waals surface area contributed by atoms with Crippen molar-refractivity contribution in [2.75, 3.05) is 23.3 Å². The van der Waals surface area contributed by atoms with E-state index in [-0.39, 0.29) is 10.7 Å². The van der Waals surface area contributed by atoms with Gasteiger partial charge in [0.05, 0.1) is 11.6 Å². The molecule has 2 aromatic heterocycles. The minimum atomic E-state index is 0.262. The fourth-order valence-corrected chi connectivity index (χ4v) is 3.48. The molecule has 3 heterocycles. The van der Waals surface area contributed by atoms with Crippen molar-refractivity contribution in [1.82, 2.24) is 20.2 Å². The number of fused-ring (bicyclic) bond motifs is 1. The van der Waals surface area contributed by atoms with Crippen LogP contribution >= 0.6 is 11.8 Å². The SMILES string of the molecule is CC1(CNc2nc(N)nc3[nH]ncc23)CCCS1. The Hall–Kier alpha value is -1.50. The zero-order valence-electron chi connectivity index (χ0n) is 10.2. The van der Waals surface area contributed by atoms with Crippen molar-refractivity contribution >= 4 is 34.6 Å². The molecule has 2 aromatic rings. The van der Waals surface area contributed by atoms with Gasteiger partial charge in [0.1, 0.15) is 5.82 Å². The fourth-order valence-electron chi connectivity index (χ4n) is 2.23. The van der Waals surface area contributed by atoms with Gasteiger partial charge in [-0.15, -0.1) is 0 Å². The average Bonchev–Trinajstić information content (AvgIpc) is 2.95. The van der Waals surface area contributed by atoms with Crippen LogP contribution in [-0.4, -0.2) is 37.2 Å². The van der Waals surface area contributed by atoms with Gasteiger partial charge in [0, 0.05) is 11.3 Å². The maximum absolute atomic E-state index is 5.69. The average molecular weight is 264 g/mol. The number of aromatic amines is 1. The van der Waals surface area contributed by atoms with Gasteiger partial charge in [-0.25, -0.2) is 0 Å². The van der Waals surface area contributed by atoms with Crippen molar-refractivity contribution in [3.8, 4) is 0 Å². The fraction of sp³-hybridized carbons (Fsp3) is 0.545. The van der Waals surface area contributed by atoms with Gasteiger partial charge in [-0.2, -0.15) is 26.8 Å². The Balaban J connectivity index is 1.83. The predicted molar refractivity (Wildman–Crippen MR) is 74.7 cm³/mol. The van der Waals surface area contributed by atoms with Gasteiger partial charge in [0.25, 0.3) is 0 Å². The van der Waals surface area contributed by atoms with E-state index in [4.69, 9.17) is 5.73 Å². The molecule has 0 aromatic carbocycles. The molecule has 4 N–H and O–H groups in total. The van der Waals surface area contributed by atoms with Crippen molar-refractivity contribution in [2.24, 2.45) is 0 Å². The highest BCUT2D eigenvalue weighted by Gasteiger charge is 2.29. The van der Waals surface area contributed by atoms with Gasteiger partial charge in [-0.05, 0) is 25.5 Å². The number of nitrogen functional groups attached to an aromatic ring is 1. The highest BCUT2D eigenvalue weighted by Crippen LogP contribution is 2.37. The Bertz CT molecular complexity index is 560. The van der Waals surface area contributed by atoms with Crippen molar-refractivity contribution in [3.63, 3.8) is 0 Å². The zero-order valence-corrected chi connectivity index (χ0v) is 11.0. The molecular formula is C11H16N6S. The zero-order chi connectivity index (χ0) is 12.6. The molecule has 1 unspecified atom stereocenters. The molecule has 96 valence electrons. The molecule has 0 aliphatic carbocycles. The lowest BCUT2D eigenvalue weighted by molar-refractivity contribution is 0.634. The molecule has 7 heteroatoms. The summed E-state index contributed by atoms with van der Waals surface area (Å²) in [5.41, 5.74) is 6.36. The number of thioether (sulfide) groups is 1. The summed E-state index contributed by atoms with van der Waals surface area (Å²) in [6.45, 7) is 3.17. The summed E-state index contributed by atoms with van der Waals surface area (Å²) in [7, 11) is 0. The third-order valence-corrected chi connectivity index (χ3v) is 4.80. The Morgan fingerprint density at radius 1 is 1.56 bits per heavy atom. The van der Waals surface area contributed by atoms with E-state index in [0.717, 1.165) is 17.7 Å². The second kappa shape index (κ2) is 4.31. The summed E-state index contributed by atoms with van der Waals surface area (Å²) >= 11 is 2.01.